The number of carbonyl (C=O) groups is 2. The van der Waals surface area contributed by atoms with Gasteiger partial charge in [0.25, 0.3) is 0 Å². The normalized spacial score (nSPS) is 10.2. The predicted molar refractivity (Wildman–Crippen MR) is 62.6 cm³/mol. The van der Waals surface area contributed by atoms with Gasteiger partial charge in [0, 0.05) is 0 Å². The van der Waals surface area contributed by atoms with Crippen molar-refractivity contribution in [2.24, 2.45) is 5.16 Å². The predicted octanol–water partition coefficient (Wildman–Crippen LogP) is 0.858. The van der Waals surface area contributed by atoms with Gasteiger partial charge in [0.15, 0.2) is 11.3 Å². The molecule has 0 saturated carbocycles. The monoisotopic (exact) mass is 277 g/mol. The summed E-state index contributed by atoms with van der Waals surface area (Å²) in [5, 5.41) is 7.39. The van der Waals surface area contributed by atoms with Crippen molar-refractivity contribution in [1.29, 1.82) is 0 Å². The van der Waals surface area contributed by atoms with Crippen molar-refractivity contribution < 1.29 is 19.2 Å². The zero-order chi connectivity index (χ0) is 12.7. The average Bonchev–Trinajstić information content (AvgIpc) is 2.73. The molecule has 1 aromatic heterocycles. The van der Waals surface area contributed by atoms with Crippen molar-refractivity contribution >= 4 is 46.2 Å². The van der Waals surface area contributed by atoms with Gasteiger partial charge in [-0.2, -0.15) is 4.98 Å². The van der Waals surface area contributed by atoms with E-state index in [2.05, 4.69) is 20.3 Å². The molecule has 1 N–H and O–H groups in total. The Morgan fingerprint density at radius 1 is 1.71 bits per heavy atom. The maximum absolute atomic E-state index is 11.1. The van der Waals surface area contributed by atoms with Gasteiger partial charge in [0.2, 0.25) is 11.8 Å². The van der Waals surface area contributed by atoms with Crippen molar-refractivity contribution in [1.82, 2.24) is 4.98 Å². The lowest BCUT2D eigenvalue weighted by Gasteiger charge is -1.96. The fraction of sp³-hybridized carbons (Fsp3) is 0.250. The first kappa shape index (κ1) is 13.4. The first-order valence-electron chi connectivity index (χ1n) is 4.25. The number of thiazole rings is 1. The molecule has 1 rings (SSSR count). The molecule has 92 valence electrons. The number of carbonyl (C=O) groups excluding carboxylic acids is 2. The van der Waals surface area contributed by atoms with E-state index in [-0.39, 0.29) is 17.7 Å². The van der Waals surface area contributed by atoms with Crippen LogP contribution >= 0.6 is 22.9 Å². The number of rotatable bonds is 5. The van der Waals surface area contributed by atoms with Crippen molar-refractivity contribution in [3.63, 3.8) is 0 Å². The zero-order valence-corrected chi connectivity index (χ0v) is 10.2. The molecule has 1 amide bonds. The van der Waals surface area contributed by atoms with E-state index in [1.807, 2.05) is 0 Å². The molecular formula is C8H8ClN3O4S. The lowest BCUT2D eigenvalue weighted by Crippen LogP contribution is -2.13. The van der Waals surface area contributed by atoms with Crippen molar-refractivity contribution in [3.8, 4) is 5.88 Å². The van der Waals surface area contributed by atoms with Crippen LogP contribution in [0.2, 0.25) is 0 Å². The molecule has 0 aliphatic heterocycles. The molecule has 0 aromatic carbocycles. The molecule has 17 heavy (non-hydrogen) atoms. The number of nitrogens with one attached hydrogen (secondary N) is 1. The molecule has 0 bridgehead atoms. The third-order valence-electron chi connectivity index (χ3n) is 1.32. The summed E-state index contributed by atoms with van der Waals surface area (Å²) in [5.41, 5.74) is 0. The first-order valence-corrected chi connectivity index (χ1v) is 5.66. The second-order valence-corrected chi connectivity index (χ2v) is 3.64. The van der Waals surface area contributed by atoms with Gasteiger partial charge in [-0.15, -0.1) is 22.9 Å². The Kier molecular flexibility index (Phi) is 5.37. The topological polar surface area (TPSA) is 89.9 Å². The van der Waals surface area contributed by atoms with E-state index in [0.29, 0.717) is 5.13 Å². The molecule has 1 heterocycles. The Bertz CT molecular complexity index is 434. The van der Waals surface area contributed by atoms with Crippen LogP contribution in [0.5, 0.6) is 5.88 Å². The largest absolute Gasteiger partial charge is 0.402 e. The van der Waals surface area contributed by atoms with E-state index in [1.165, 1.54) is 12.5 Å². The minimum absolute atomic E-state index is 0.0624. The quantitative estimate of drug-likeness (QED) is 0.373. The number of oxime groups is 1. The summed E-state index contributed by atoms with van der Waals surface area (Å²) < 4.78 is 4.76. The number of amides is 1. The lowest BCUT2D eigenvalue weighted by molar-refractivity contribution is -0.126. The Morgan fingerprint density at radius 2 is 2.47 bits per heavy atom. The van der Waals surface area contributed by atoms with Gasteiger partial charge in [-0.3, -0.25) is 4.79 Å². The highest BCUT2D eigenvalue weighted by Gasteiger charge is 2.08. The third kappa shape index (κ3) is 4.79. The number of aromatic nitrogens is 1. The van der Waals surface area contributed by atoms with Crippen LogP contribution in [0.25, 0.3) is 0 Å². The van der Waals surface area contributed by atoms with Gasteiger partial charge in [0.05, 0.1) is 5.38 Å². The maximum Gasteiger partial charge on any atom is 0.359 e. The molecule has 0 saturated heterocycles. The van der Waals surface area contributed by atoms with Gasteiger partial charge in [-0.1, -0.05) is 5.16 Å². The molecule has 0 unspecified atom stereocenters. The van der Waals surface area contributed by atoms with E-state index in [0.717, 1.165) is 17.6 Å². The van der Waals surface area contributed by atoms with E-state index in [4.69, 9.17) is 16.3 Å². The van der Waals surface area contributed by atoms with Crippen LogP contribution in [0.15, 0.2) is 10.5 Å². The number of hydrogen-bond acceptors (Lipinski definition) is 7. The van der Waals surface area contributed by atoms with Gasteiger partial charge in [-0.25, -0.2) is 4.79 Å². The number of alkyl halides is 1. The van der Waals surface area contributed by atoms with Crippen molar-refractivity contribution in [3.05, 3.63) is 5.38 Å². The Morgan fingerprint density at radius 3 is 3.12 bits per heavy atom. The average molecular weight is 278 g/mol. The minimum Gasteiger partial charge on any atom is -0.402 e. The second-order valence-electron chi connectivity index (χ2n) is 2.51. The summed E-state index contributed by atoms with van der Waals surface area (Å²) in [7, 11) is 1.30. The second kappa shape index (κ2) is 6.81. The molecule has 0 aliphatic rings. The molecular weight excluding hydrogens is 270 g/mol. The number of esters is 1. The summed E-state index contributed by atoms with van der Waals surface area (Å²) in [6, 6.07) is 0. The van der Waals surface area contributed by atoms with Crippen molar-refractivity contribution in [2.75, 3.05) is 18.3 Å². The Hall–Kier alpha value is -1.67. The molecule has 1 aromatic rings. The summed E-state index contributed by atoms with van der Waals surface area (Å²) in [6.07, 6.45) is 0.858. The standard InChI is InChI=1S/C8H8ClN3O4S/c1-15-10-3-7(14)16-6-4-17-8(12-6)11-5(13)2-9/h3-4H,2H2,1H3,(H,11,12,13)/b10-3-. The van der Waals surface area contributed by atoms with Crippen molar-refractivity contribution in [2.45, 2.75) is 0 Å². The lowest BCUT2D eigenvalue weighted by atomic mass is 10.7. The van der Waals surface area contributed by atoms with Crippen LogP contribution in [0.4, 0.5) is 5.13 Å². The molecule has 0 aliphatic carbocycles. The fourth-order valence-electron chi connectivity index (χ4n) is 0.741. The third-order valence-corrected chi connectivity index (χ3v) is 2.30. The van der Waals surface area contributed by atoms with Crippen LogP contribution < -0.4 is 10.1 Å². The van der Waals surface area contributed by atoms with E-state index in [9.17, 15) is 9.59 Å². The molecule has 9 heteroatoms. The highest BCUT2D eigenvalue weighted by molar-refractivity contribution is 7.14. The fourth-order valence-corrected chi connectivity index (χ4v) is 1.44. The molecule has 0 fully saturated rings. The van der Waals surface area contributed by atoms with Crippen LogP contribution in [0.1, 0.15) is 0 Å². The van der Waals surface area contributed by atoms with E-state index in [1.54, 1.807) is 0 Å². The minimum atomic E-state index is -0.729. The number of hydrogen-bond donors (Lipinski definition) is 1. The van der Waals surface area contributed by atoms with Gasteiger partial charge < -0.3 is 14.9 Å². The smallest absolute Gasteiger partial charge is 0.359 e. The summed E-state index contributed by atoms with van der Waals surface area (Å²) in [5.74, 6) is -1.23. The molecule has 0 radical (unpaired) electrons. The maximum atomic E-state index is 11.1. The molecule has 0 atom stereocenters. The number of nitrogens with zero attached hydrogens (tertiary/aromatic N) is 2. The number of anilines is 1. The van der Waals surface area contributed by atoms with Crippen LogP contribution in [0, 0.1) is 0 Å². The highest BCUT2D eigenvalue weighted by atomic mass is 35.5. The van der Waals surface area contributed by atoms with Gasteiger partial charge >= 0.3 is 5.97 Å². The zero-order valence-electron chi connectivity index (χ0n) is 8.68. The van der Waals surface area contributed by atoms with Crippen LogP contribution in [0.3, 0.4) is 0 Å². The Balaban J connectivity index is 2.53. The number of ether oxygens (including phenoxy) is 1. The summed E-state index contributed by atoms with van der Waals surface area (Å²) >= 11 is 6.40. The number of halogens is 1. The molecule has 0 spiro atoms. The van der Waals surface area contributed by atoms with Gasteiger partial charge in [0.1, 0.15) is 13.0 Å². The SMILES string of the molecule is CO/N=C\C(=O)Oc1csc(NC(=O)CCl)n1. The summed E-state index contributed by atoms with van der Waals surface area (Å²) in [6.45, 7) is 0. The Labute approximate surface area is 105 Å². The van der Waals surface area contributed by atoms with Crippen LogP contribution in [-0.4, -0.2) is 36.1 Å². The van der Waals surface area contributed by atoms with Crippen LogP contribution in [-0.2, 0) is 14.4 Å². The van der Waals surface area contributed by atoms with E-state index >= 15 is 0 Å². The highest BCUT2D eigenvalue weighted by Crippen LogP contribution is 2.20. The van der Waals surface area contributed by atoms with Gasteiger partial charge in [-0.05, 0) is 0 Å². The molecule has 7 nitrogen and oxygen atoms in total. The summed E-state index contributed by atoms with van der Waals surface area (Å²) in [4.78, 5) is 30.1. The first-order chi connectivity index (χ1) is 8.15. The van der Waals surface area contributed by atoms with E-state index < -0.39 is 5.97 Å².